The van der Waals surface area contributed by atoms with E-state index in [1.165, 1.54) is 0 Å². The summed E-state index contributed by atoms with van der Waals surface area (Å²) in [5.74, 6) is 0.312. The first-order valence-electron chi connectivity index (χ1n) is 9.10. The van der Waals surface area contributed by atoms with E-state index in [0.29, 0.717) is 19.7 Å². The van der Waals surface area contributed by atoms with Crippen LogP contribution < -0.4 is 10.1 Å². The Morgan fingerprint density at radius 3 is 2.53 bits per heavy atom. The van der Waals surface area contributed by atoms with Crippen molar-refractivity contribution in [3.63, 3.8) is 0 Å². The van der Waals surface area contributed by atoms with Gasteiger partial charge in [0.25, 0.3) is 5.91 Å². The van der Waals surface area contributed by atoms with Crippen molar-refractivity contribution in [1.29, 1.82) is 0 Å². The molecule has 0 aromatic heterocycles. The number of nitrogens with one attached hydrogen (secondary N) is 1. The highest BCUT2D eigenvalue weighted by Crippen LogP contribution is 2.34. The molecule has 3 rings (SSSR count). The predicted molar refractivity (Wildman–Crippen MR) is 131 cm³/mol. The van der Waals surface area contributed by atoms with Gasteiger partial charge in [-0.15, -0.1) is 0 Å². The lowest BCUT2D eigenvalue weighted by Crippen LogP contribution is -2.20. The summed E-state index contributed by atoms with van der Waals surface area (Å²) in [5.41, 5.74) is 4.52. The maximum absolute atomic E-state index is 12.2. The van der Waals surface area contributed by atoms with Crippen molar-refractivity contribution >= 4 is 67.0 Å². The van der Waals surface area contributed by atoms with Crippen LogP contribution in [0.1, 0.15) is 16.7 Å². The van der Waals surface area contributed by atoms with Crippen LogP contribution in [-0.2, 0) is 4.79 Å². The van der Waals surface area contributed by atoms with Gasteiger partial charge in [0.2, 0.25) is 0 Å². The first kappa shape index (κ1) is 22.5. The maximum Gasteiger partial charge on any atom is 0.262 e. The fourth-order valence-electron chi connectivity index (χ4n) is 2.72. The second-order valence-electron chi connectivity index (χ2n) is 6.71. The number of aliphatic imine (C=N–C) groups is 1. The molecule has 0 fully saturated rings. The molecule has 0 saturated heterocycles. The Hall–Kier alpha value is -2.15. The standard InChI is InChI=1S/C23H19Br2ClN2O2/c1-14-4-3-5-18(8-14)28-22(29)13-30-23-19(24)9-16(10-20(23)25)12-27-21-11-17(26)7-6-15(21)2/h3-12H,13H2,1-2H3,(H,28,29). The maximum atomic E-state index is 12.2. The molecule has 1 N–H and O–H groups in total. The number of hydrogen-bond donors (Lipinski definition) is 1. The van der Waals surface area contributed by atoms with E-state index in [-0.39, 0.29) is 12.5 Å². The molecular weight excluding hydrogens is 532 g/mol. The van der Waals surface area contributed by atoms with E-state index in [4.69, 9.17) is 16.3 Å². The number of anilines is 1. The van der Waals surface area contributed by atoms with Crippen molar-refractivity contribution in [3.8, 4) is 5.75 Å². The third-order valence-corrected chi connectivity index (χ3v) is 5.61. The highest BCUT2D eigenvalue weighted by Gasteiger charge is 2.11. The highest BCUT2D eigenvalue weighted by molar-refractivity contribution is 9.11. The van der Waals surface area contributed by atoms with Gasteiger partial charge in [0.15, 0.2) is 6.61 Å². The number of nitrogens with zero attached hydrogens (tertiary/aromatic N) is 1. The normalized spacial score (nSPS) is 11.0. The van der Waals surface area contributed by atoms with Gasteiger partial charge in [0.1, 0.15) is 5.75 Å². The van der Waals surface area contributed by atoms with E-state index in [0.717, 1.165) is 28.1 Å². The van der Waals surface area contributed by atoms with Crippen LogP contribution in [0.15, 0.2) is 68.5 Å². The molecule has 0 aliphatic carbocycles. The lowest BCUT2D eigenvalue weighted by Gasteiger charge is -2.12. The molecule has 0 atom stereocenters. The van der Waals surface area contributed by atoms with Crippen LogP contribution in [0.4, 0.5) is 11.4 Å². The van der Waals surface area contributed by atoms with Crippen LogP contribution in [0.5, 0.6) is 5.75 Å². The van der Waals surface area contributed by atoms with Gasteiger partial charge >= 0.3 is 0 Å². The minimum absolute atomic E-state index is 0.111. The summed E-state index contributed by atoms with van der Waals surface area (Å²) < 4.78 is 7.14. The second kappa shape index (κ2) is 10.2. The Bertz CT molecular complexity index is 1090. The van der Waals surface area contributed by atoms with Crippen molar-refractivity contribution in [2.75, 3.05) is 11.9 Å². The molecule has 0 aliphatic heterocycles. The highest BCUT2D eigenvalue weighted by atomic mass is 79.9. The molecule has 0 spiro atoms. The summed E-state index contributed by atoms with van der Waals surface area (Å²) >= 11 is 13.1. The molecule has 0 aliphatic rings. The Morgan fingerprint density at radius 1 is 1.10 bits per heavy atom. The fraction of sp³-hybridized carbons (Fsp3) is 0.130. The van der Waals surface area contributed by atoms with Gasteiger partial charge in [-0.25, -0.2) is 0 Å². The lowest BCUT2D eigenvalue weighted by molar-refractivity contribution is -0.118. The number of carbonyl (C=O) groups excluding carboxylic acids is 1. The Labute approximate surface area is 197 Å². The van der Waals surface area contributed by atoms with E-state index in [9.17, 15) is 4.79 Å². The molecular formula is C23H19Br2ClN2O2. The zero-order valence-corrected chi connectivity index (χ0v) is 20.3. The number of benzene rings is 3. The van der Waals surface area contributed by atoms with Gasteiger partial charge in [-0.1, -0.05) is 29.8 Å². The third-order valence-electron chi connectivity index (χ3n) is 4.19. The third kappa shape index (κ3) is 6.17. The van der Waals surface area contributed by atoms with Crippen molar-refractivity contribution < 1.29 is 9.53 Å². The van der Waals surface area contributed by atoms with E-state index in [2.05, 4.69) is 42.2 Å². The lowest BCUT2D eigenvalue weighted by atomic mass is 10.2. The summed E-state index contributed by atoms with van der Waals surface area (Å²) in [6.07, 6.45) is 1.75. The average molecular weight is 551 g/mol. The molecule has 0 bridgehead atoms. The molecule has 0 radical (unpaired) electrons. The number of halogens is 3. The summed E-state index contributed by atoms with van der Waals surface area (Å²) in [6.45, 7) is 3.84. The molecule has 3 aromatic carbocycles. The quantitative estimate of drug-likeness (QED) is 0.329. The first-order valence-corrected chi connectivity index (χ1v) is 11.1. The molecule has 0 saturated carbocycles. The van der Waals surface area contributed by atoms with Gasteiger partial charge in [-0.05, 0) is 98.8 Å². The van der Waals surface area contributed by atoms with Crippen molar-refractivity contribution in [1.82, 2.24) is 0 Å². The van der Waals surface area contributed by atoms with Gasteiger partial charge in [0, 0.05) is 16.9 Å². The fourth-order valence-corrected chi connectivity index (χ4v) is 4.33. The molecule has 30 heavy (non-hydrogen) atoms. The van der Waals surface area contributed by atoms with Crippen LogP contribution in [0.2, 0.25) is 5.02 Å². The monoisotopic (exact) mass is 548 g/mol. The molecule has 0 unspecified atom stereocenters. The molecule has 7 heteroatoms. The van der Waals surface area contributed by atoms with E-state index in [1.807, 2.05) is 68.4 Å². The molecule has 1 amide bonds. The SMILES string of the molecule is Cc1cccc(NC(=O)COc2c(Br)cc(C=Nc3cc(Cl)ccc3C)cc2Br)c1. The summed E-state index contributed by atoms with van der Waals surface area (Å²) in [5, 5.41) is 3.47. The Morgan fingerprint density at radius 2 is 1.83 bits per heavy atom. The van der Waals surface area contributed by atoms with Gasteiger partial charge < -0.3 is 10.1 Å². The average Bonchev–Trinajstić information content (AvgIpc) is 2.68. The molecule has 3 aromatic rings. The van der Waals surface area contributed by atoms with Gasteiger partial charge in [-0.2, -0.15) is 0 Å². The molecule has 154 valence electrons. The van der Waals surface area contributed by atoms with Gasteiger partial charge in [-0.3, -0.25) is 9.79 Å². The Kier molecular flexibility index (Phi) is 7.69. The summed E-state index contributed by atoms with van der Waals surface area (Å²) in [7, 11) is 0. The summed E-state index contributed by atoms with van der Waals surface area (Å²) in [4.78, 5) is 16.7. The predicted octanol–water partition coefficient (Wildman–Crippen LogP) is 7.25. The summed E-state index contributed by atoms with van der Waals surface area (Å²) in [6, 6.07) is 16.9. The number of carbonyl (C=O) groups is 1. The number of aryl methyl sites for hydroxylation is 2. The number of amides is 1. The van der Waals surface area contributed by atoms with E-state index in [1.54, 1.807) is 6.21 Å². The second-order valence-corrected chi connectivity index (χ2v) is 8.85. The van der Waals surface area contributed by atoms with Crippen molar-refractivity contribution in [2.45, 2.75) is 13.8 Å². The van der Waals surface area contributed by atoms with Crippen LogP contribution >= 0.6 is 43.5 Å². The van der Waals surface area contributed by atoms with Crippen molar-refractivity contribution in [2.24, 2.45) is 4.99 Å². The van der Waals surface area contributed by atoms with Gasteiger partial charge in [0.05, 0.1) is 14.6 Å². The van der Waals surface area contributed by atoms with Crippen LogP contribution in [0.25, 0.3) is 0 Å². The van der Waals surface area contributed by atoms with E-state index >= 15 is 0 Å². The zero-order chi connectivity index (χ0) is 21.7. The zero-order valence-electron chi connectivity index (χ0n) is 16.4. The minimum atomic E-state index is -0.235. The van der Waals surface area contributed by atoms with Crippen LogP contribution in [0.3, 0.4) is 0 Å². The van der Waals surface area contributed by atoms with Crippen molar-refractivity contribution in [3.05, 3.63) is 85.3 Å². The van der Waals surface area contributed by atoms with E-state index < -0.39 is 0 Å². The first-order chi connectivity index (χ1) is 14.3. The van der Waals surface area contributed by atoms with Crippen LogP contribution in [0, 0.1) is 13.8 Å². The number of hydrogen-bond acceptors (Lipinski definition) is 3. The topological polar surface area (TPSA) is 50.7 Å². The Balaban J connectivity index is 1.68. The number of ether oxygens (including phenoxy) is 1. The smallest absolute Gasteiger partial charge is 0.262 e. The molecule has 4 nitrogen and oxygen atoms in total. The molecule has 0 heterocycles. The number of rotatable bonds is 6. The minimum Gasteiger partial charge on any atom is -0.481 e. The van der Waals surface area contributed by atoms with Crippen LogP contribution in [-0.4, -0.2) is 18.7 Å². The largest absolute Gasteiger partial charge is 0.481 e.